The molecule has 1 aromatic carbocycles. The first-order chi connectivity index (χ1) is 17.3. The number of anilines is 2. The van der Waals surface area contributed by atoms with Crippen LogP contribution in [0.2, 0.25) is 0 Å². The highest BCUT2D eigenvalue weighted by atomic mass is 32.2. The number of methoxy groups -OCH3 is 2. The van der Waals surface area contributed by atoms with Crippen LogP contribution in [-0.2, 0) is 15.8 Å². The van der Waals surface area contributed by atoms with E-state index < -0.39 is 23.1 Å². The third-order valence-corrected chi connectivity index (χ3v) is 6.79. The summed E-state index contributed by atoms with van der Waals surface area (Å²) in [6.45, 7) is 8.01. The molecule has 37 heavy (non-hydrogen) atoms. The van der Waals surface area contributed by atoms with E-state index in [4.69, 9.17) is 19.4 Å². The molecule has 1 unspecified atom stereocenters. The smallest absolute Gasteiger partial charge is 0.490 e. The number of carbonyl (C=O) groups is 1. The van der Waals surface area contributed by atoms with Gasteiger partial charge in [0.15, 0.2) is 16.1 Å². The predicted molar refractivity (Wildman–Crippen MR) is 137 cm³/mol. The zero-order valence-corrected chi connectivity index (χ0v) is 22.5. The van der Waals surface area contributed by atoms with Crippen molar-refractivity contribution in [3.8, 4) is 22.1 Å². The quantitative estimate of drug-likeness (QED) is 0.334. The number of hydrogen-bond donors (Lipinski definition) is 3. The van der Waals surface area contributed by atoms with Crippen molar-refractivity contribution in [1.29, 1.82) is 0 Å². The van der Waals surface area contributed by atoms with E-state index in [-0.39, 0.29) is 0 Å². The third kappa shape index (κ3) is 8.32. The minimum atomic E-state index is -5.08. The van der Waals surface area contributed by atoms with Crippen LogP contribution in [-0.4, -0.2) is 51.7 Å². The van der Waals surface area contributed by atoms with Gasteiger partial charge in [-0.15, -0.1) is 0 Å². The number of ether oxygens (including phenoxy) is 2. The van der Waals surface area contributed by atoms with Crippen LogP contribution in [0.15, 0.2) is 35.4 Å². The number of carboxylic acids is 1. The number of hydrogen-bond acceptors (Lipinski definition) is 8. The van der Waals surface area contributed by atoms with Crippen LogP contribution in [0.1, 0.15) is 25.1 Å². The molecular formula is C23H27F3N4O5S2. The van der Waals surface area contributed by atoms with Crippen LogP contribution in [0.5, 0.6) is 11.6 Å². The number of alkyl halides is 3. The maximum Gasteiger partial charge on any atom is 0.490 e. The summed E-state index contributed by atoms with van der Waals surface area (Å²) in [5.74, 6) is -1.67. The summed E-state index contributed by atoms with van der Waals surface area (Å²) >= 11 is 1.58. The monoisotopic (exact) mass is 560 g/mol. The van der Waals surface area contributed by atoms with Gasteiger partial charge in [-0.25, -0.2) is 19.0 Å². The molecular weight excluding hydrogens is 533 g/mol. The van der Waals surface area contributed by atoms with Crippen molar-refractivity contribution in [2.75, 3.05) is 24.3 Å². The molecule has 0 saturated heterocycles. The SMILES string of the molecule is COc1ccc(-c2sc(NC(C)C)nc2C)cc1S(=O)Nc1cnc(OC)c(C)c1.O=C(O)C(F)(F)F. The standard InChI is InChI=1S/C21H26N4O3S2.C2HF3O2/c1-12(2)23-21-24-14(4)19(29-21)15-7-8-17(27-5)18(10-15)30(26)25-16-9-13(3)20(28-6)22-11-16;3-2(4,5)1(6)7/h7-12,25H,1-6H3,(H,23,24);(H,6,7). The second-order valence-corrected chi connectivity index (χ2v) is 10.0. The van der Waals surface area contributed by atoms with Gasteiger partial charge in [0, 0.05) is 11.6 Å². The summed E-state index contributed by atoms with van der Waals surface area (Å²) in [5.41, 5.74) is 3.35. The molecule has 3 aromatic rings. The molecule has 0 fully saturated rings. The van der Waals surface area contributed by atoms with Gasteiger partial charge in [-0.05, 0) is 57.5 Å². The van der Waals surface area contributed by atoms with Gasteiger partial charge in [-0.2, -0.15) is 13.2 Å². The molecule has 9 nitrogen and oxygen atoms in total. The van der Waals surface area contributed by atoms with E-state index in [1.807, 2.05) is 38.1 Å². The molecule has 2 aromatic heterocycles. The summed E-state index contributed by atoms with van der Waals surface area (Å²) in [6, 6.07) is 7.81. The lowest BCUT2D eigenvalue weighted by Gasteiger charge is -2.12. The maximum absolute atomic E-state index is 13.1. The first-order valence-electron chi connectivity index (χ1n) is 10.7. The van der Waals surface area contributed by atoms with Crippen LogP contribution in [0.25, 0.3) is 10.4 Å². The van der Waals surface area contributed by atoms with E-state index in [9.17, 15) is 17.4 Å². The summed E-state index contributed by atoms with van der Waals surface area (Å²) in [4.78, 5) is 19.3. The van der Waals surface area contributed by atoms with E-state index in [1.54, 1.807) is 31.8 Å². The zero-order valence-electron chi connectivity index (χ0n) is 20.9. The lowest BCUT2D eigenvalue weighted by molar-refractivity contribution is -0.192. The van der Waals surface area contributed by atoms with Crippen molar-refractivity contribution in [3.05, 3.63) is 41.7 Å². The fourth-order valence-corrected chi connectivity index (χ4v) is 5.04. The Hall–Kier alpha value is -3.39. The van der Waals surface area contributed by atoms with E-state index in [0.717, 1.165) is 26.8 Å². The first-order valence-corrected chi connectivity index (χ1v) is 12.6. The third-order valence-electron chi connectivity index (χ3n) is 4.51. The van der Waals surface area contributed by atoms with Crippen LogP contribution in [0.4, 0.5) is 24.0 Å². The number of benzene rings is 1. The number of halogens is 3. The minimum Gasteiger partial charge on any atom is -0.495 e. The molecule has 1 atom stereocenters. The number of carboxylic acid groups (broad SMARTS) is 1. The minimum absolute atomic E-state index is 0.299. The number of aliphatic carboxylic acids is 1. The molecule has 0 aliphatic rings. The highest BCUT2D eigenvalue weighted by molar-refractivity contribution is 7.86. The van der Waals surface area contributed by atoms with Crippen LogP contribution < -0.4 is 19.5 Å². The fourth-order valence-electron chi connectivity index (χ4n) is 2.93. The van der Waals surface area contributed by atoms with Crippen molar-refractivity contribution in [2.45, 2.75) is 44.8 Å². The fraction of sp³-hybridized carbons (Fsp3) is 0.348. The second-order valence-electron chi connectivity index (χ2n) is 7.82. The van der Waals surface area contributed by atoms with E-state index in [1.165, 1.54) is 0 Å². The average Bonchev–Trinajstić information content (AvgIpc) is 3.17. The summed E-state index contributed by atoms with van der Waals surface area (Å²) in [5, 5.41) is 11.3. The number of aromatic nitrogens is 2. The molecule has 0 bridgehead atoms. The molecule has 0 aliphatic carbocycles. The van der Waals surface area contributed by atoms with Gasteiger partial charge in [0.2, 0.25) is 5.88 Å². The number of nitrogens with one attached hydrogen (secondary N) is 2. The largest absolute Gasteiger partial charge is 0.495 e. The van der Waals surface area contributed by atoms with Crippen molar-refractivity contribution in [1.82, 2.24) is 9.97 Å². The van der Waals surface area contributed by atoms with Crippen molar-refractivity contribution < 1.29 is 36.8 Å². The second kappa shape index (κ2) is 12.7. The van der Waals surface area contributed by atoms with Crippen LogP contribution in [0, 0.1) is 13.8 Å². The molecule has 0 saturated carbocycles. The Morgan fingerprint density at radius 2 is 1.81 bits per heavy atom. The van der Waals surface area contributed by atoms with E-state index in [2.05, 4.69) is 33.9 Å². The van der Waals surface area contributed by atoms with Crippen LogP contribution >= 0.6 is 11.3 Å². The average molecular weight is 561 g/mol. The zero-order chi connectivity index (χ0) is 27.9. The number of thiazole rings is 1. The number of aryl methyl sites for hydroxylation is 2. The normalized spacial score (nSPS) is 11.8. The van der Waals surface area contributed by atoms with E-state index in [0.29, 0.717) is 28.3 Å². The Morgan fingerprint density at radius 1 is 1.16 bits per heavy atom. The lowest BCUT2D eigenvalue weighted by atomic mass is 10.1. The molecule has 2 heterocycles. The number of nitrogens with zero attached hydrogens (tertiary/aromatic N) is 2. The molecule has 3 N–H and O–H groups in total. The molecule has 202 valence electrons. The van der Waals surface area contributed by atoms with Crippen LogP contribution in [0.3, 0.4) is 0 Å². The molecule has 0 spiro atoms. The van der Waals surface area contributed by atoms with Gasteiger partial charge in [0.05, 0.1) is 36.7 Å². The topological polar surface area (TPSA) is 123 Å². The first kappa shape index (κ1) is 29.8. The van der Waals surface area contributed by atoms with Crippen molar-refractivity contribution in [2.24, 2.45) is 0 Å². The van der Waals surface area contributed by atoms with Crippen molar-refractivity contribution in [3.63, 3.8) is 0 Å². The Morgan fingerprint density at radius 3 is 2.32 bits per heavy atom. The van der Waals surface area contributed by atoms with Gasteiger partial charge in [0.25, 0.3) is 0 Å². The van der Waals surface area contributed by atoms with Gasteiger partial charge in [-0.1, -0.05) is 11.3 Å². The van der Waals surface area contributed by atoms with Crippen molar-refractivity contribution >= 4 is 39.1 Å². The summed E-state index contributed by atoms with van der Waals surface area (Å²) in [7, 11) is 1.59. The highest BCUT2D eigenvalue weighted by Gasteiger charge is 2.38. The highest BCUT2D eigenvalue weighted by Crippen LogP contribution is 2.36. The Kier molecular flexibility index (Phi) is 10.3. The van der Waals surface area contributed by atoms with Gasteiger partial charge in [0.1, 0.15) is 10.6 Å². The molecule has 14 heteroatoms. The van der Waals surface area contributed by atoms with Gasteiger partial charge in [-0.3, -0.25) is 4.72 Å². The number of pyridine rings is 1. The Bertz CT molecular complexity index is 1270. The Labute approximate surface area is 218 Å². The summed E-state index contributed by atoms with van der Waals surface area (Å²) in [6.07, 6.45) is -3.49. The van der Waals surface area contributed by atoms with Gasteiger partial charge >= 0.3 is 12.1 Å². The predicted octanol–water partition coefficient (Wildman–Crippen LogP) is 5.43. The van der Waals surface area contributed by atoms with Gasteiger partial charge < -0.3 is 19.9 Å². The molecule has 0 amide bonds. The lowest BCUT2D eigenvalue weighted by Crippen LogP contribution is -2.21. The molecule has 0 radical (unpaired) electrons. The van der Waals surface area contributed by atoms with E-state index >= 15 is 0 Å². The Balaban J connectivity index is 0.000000604. The molecule has 3 rings (SSSR count). The number of rotatable bonds is 8. The maximum atomic E-state index is 13.1. The summed E-state index contributed by atoms with van der Waals surface area (Å²) < 4.78 is 58.5. The molecule has 0 aliphatic heterocycles.